The van der Waals surface area contributed by atoms with Gasteiger partial charge in [0.25, 0.3) is 11.7 Å². The molecule has 1 atom stereocenters. The number of nitrogens with zero attached hydrogens (tertiary/aromatic N) is 2. The van der Waals surface area contributed by atoms with Gasteiger partial charge in [0.1, 0.15) is 28.8 Å². The summed E-state index contributed by atoms with van der Waals surface area (Å²) >= 11 is 0. The van der Waals surface area contributed by atoms with Gasteiger partial charge in [0.2, 0.25) is 0 Å². The number of ether oxygens (including phenoxy) is 3. The van der Waals surface area contributed by atoms with E-state index in [1.807, 2.05) is 19.0 Å². The number of aromatic hydroxyl groups is 1. The van der Waals surface area contributed by atoms with Crippen LogP contribution in [0.4, 0.5) is 0 Å². The third-order valence-electron chi connectivity index (χ3n) is 5.52. The Morgan fingerprint density at radius 3 is 2.21 bits per heavy atom. The first-order valence-electron chi connectivity index (χ1n) is 10.3. The number of benzene rings is 2. The molecule has 0 spiro atoms. The van der Waals surface area contributed by atoms with Crippen LogP contribution in [0.3, 0.4) is 0 Å². The van der Waals surface area contributed by atoms with Crippen molar-refractivity contribution in [2.24, 2.45) is 0 Å². The number of carbonyl (C=O) groups excluding carboxylic acids is 2. The van der Waals surface area contributed by atoms with E-state index in [0.29, 0.717) is 29.4 Å². The average Bonchev–Trinajstić information content (AvgIpc) is 3.06. The molecule has 9 nitrogen and oxygen atoms in total. The van der Waals surface area contributed by atoms with Gasteiger partial charge < -0.3 is 34.2 Å². The van der Waals surface area contributed by atoms with Crippen LogP contribution in [0.2, 0.25) is 0 Å². The average molecular weight is 456 g/mol. The van der Waals surface area contributed by atoms with E-state index in [-0.39, 0.29) is 23.4 Å². The normalized spacial score (nSPS) is 17.5. The summed E-state index contributed by atoms with van der Waals surface area (Å²) in [6, 6.07) is 8.37. The summed E-state index contributed by atoms with van der Waals surface area (Å²) in [4.78, 5) is 29.5. The van der Waals surface area contributed by atoms with Gasteiger partial charge in [-0.05, 0) is 44.4 Å². The molecule has 33 heavy (non-hydrogen) atoms. The van der Waals surface area contributed by atoms with E-state index in [4.69, 9.17) is 14.2 Å². The summed E-state index contributed by atoms with van der Waals surface area (Å²) in [5, 5.41) is 21.6. The number of likely N-dealkylation sites (N-methyl/N-ethyl adjacent to an activating group) is 1. The summed E-state index contributed by atoms with van der Waals surface area (Å²) < 4.78 is 15.9. The number of carbonyl (C=O) groups is 2. The van der Waals surface area contributed by atoms with Gasteiger partial charge >= 0.3 is 0 Å². The number of methoxy groups -OCH3 is 3. The zero-order valence-corrected chi connectivity index (χ0v) is 19.3. The van der Waals surface area contributed by atoms with Crippen molar-refractivity contribution in [2.75, 3.05) is 48.5 Å². The molecule has 1 aliphatic heterocycles. The Morgan fingerprint density at radius 2 is 1.64 bits per heavy atom. The lowest BCUT2D eigenvalue weighted by atomic mass is 9.94. The van der Waals surface area contributed by atoms with Crippen LogP contribution in [0.15, 0.2) is 42.0 Å². The van der Waals surface area contributed by atoms with Crippen molar-refractivity contribution < 1.29 is 34.0 Å². The molecule has 0 bridgehead atoms. The second kappa shape index (κ2) is 9.83. The maximum absolute atomic E-state index is 13.1. The van der Waals surface area contributed by atoms with Crippen LogP contribution in [0.5, 0.6) is 23.0 Å². The van der Waals surface area contributed by atoms with Crippen LogP contribution in [0.25, 0.3) is 5.76 Å². The standard InChI is InChI=1S/C24H28N2O7/c1-25(2)10-11-26-21(17-12-14(31-3)7-9-19(17)33-5)20(23(29)24(26)30)22(28)16-8-6-15(32-4)13-18(16)27/h6-9,12-13,21,27-28H,10-11H2,1-5H3/b22-20+. The third-order valence-corrected chi connectivity index (χ3v) is 5.52. The number of hydrogen-bond donors (Lipinski definition) is 2. The predicted octanol–water partition coefficient (Wildman–Crippen LogP) is 2.40. The highest BCUT2D eigenvalue weighted by Crippen LogP contribution is 2.44. The maximum Gasteiger partial charge on any atom is 0.295 e. The molecule has 2 aromatic carbocycles. The zero-order chi connectivity index (χ0) is 24.3. The lowest BCUT2D eigenvalue weighted by Crippen LogP contribution is -2.35. The molecule has 3 rings (SSSR count). The topological polar surface area (TPSA) is 109 Å². The molecular formula is C24H28N2O7. The summed E-state index contributed by atoms with van der Waals surface area (Å²) in [6.07, 6.45) is 0. The first-order valence-corrected chi connectivity index (χ1v) is 10.3. The summed E-state index contributed by atoms with van der Waals surface area (Å²) in [6.45, 7) is 0.720. The fraction of sp³-hybridized carbons (Fsp3) is 0.333. The van der Waals surface area contributed by atoms with E-state index >= 15 is 0 Å². The van der Waals surface area contributed by atoms with Crippen LogP contribution >= 0.6 is 0 Å². The second-order valence-electron chi connectivity index (χ2n) is 7.79. The summed E-state index contributed by atoms with van der Waals surface area (Å²) in [5.41, 5.74) is 0.336. The Morgan fingerprint density at radius 1 is 1.00 bits per heavy atom. The lowest BCUT2D eigenvalue weighted by Gasteiger charge is -2.28. The van der Waals surface area contributed by atoms with Crippen molar-refractivity contribution in [1.82, 2.24) is 9.80 Å². The highest BCUT2D eigenvalue weighted by atomic mass is 16.5. The number of Topliss-reactive ketones (excluding diaryl/α,β-unsaturated/α-hetero) is 1. The van der Waals surface area contributed by atoms with E-state index in [9.17, 15) is 19.8 Å². The summed E-state index contributed by atoms with van der Waals surface area (Å²) in [5.74, 6) is -1.09. The fourth-order valence-electron chi connectivity index (χ4n) is 3.78. The molecule has 1 unspecified atom stereocenters. The van der Waals surface area contributed by atoms with Gasteiger partial charge in [0, 0.05) is 24.7 Å². The molecule has 2 N–H and O–H groups in total. The maximum atomic E-state index is 13.1. The molecule has 1 fully saturated rings. The largest absolute Gasteiger partial charge is 0.507 e. The predicted molar refractivity (Wildman–Crippen MR) is 122 cm³/mol. The molecule has 1 heterocycles. The molecule has 1 aliphatic rings. The fourth-order valence-corrected chi connectivity index (χ4v) is 3.78. The van der Waals surface area contributed by atoms with E-state index < -0.39 is 23.5 Å². The molecule has 0 aromatic heterocycles. The minimum Gasteiger partial charge on any atom is -0.507 e. The van der Waals surface area contributed by atoms with Gasteiger partial charge in [-0.3, -0.25) is 9.59 Å². The number of aliphatic hydroxyl groups is 1. The smallest absolute Gasteiger partial charge is 0.295 e. The Balaban J connectivity index is 2.26. The van der Waals surface area contributed by atoms with Gasteiger partial charge in [-0.15, -0.1) is 0 Å². The number of phenols is 1. The van der Waals surface area contributed by atoms with Crippen molar-refractivity contribution >= 4 is 17.4 Å². The SMILES string of the molecule is COc1ccc(/C(O)=C2\C(=O)C(=O)N(CCN(C)C)C2c2cc(OC)ccc2OC)c(O)c1. The van der Waals surface area contributed by atoms with Gasteiger partial charge in [-0.25, -0.2) is 0 Å². The minimum absolute atomic E-state index is 0.00766. The van der Waals surface area contributed by atoms with Crippen molar-refractivity contribution in [3.05, 3.63) is 53.1 Å². The Labute approximate surface area is 192 Å². The first-order chi connectivity index (χ1) is 15.7. The second-order valence-corrected chi connectivity index (χ2v) is 7.79. The van der Waals surface area contributed by atoms with Gasteiger partial charge in [-0.1, -0.05) is 0 Å². The molecular weight excluding hydrogens is 428 g/mol. The minimum atomic E-state index is -0.948. The van der Waals surface area contributed by atoms with Crippen LogP contribution in [0.1, 0.15) is 17.2 Å². The highest BCUT2D eigenvalue weighted by Gasteiger charge is 2.47. The number of aliphatic hydroxyl groups excluding tert-OH is 1. The van der Waals surface area contributed by atoms with Crippen molar-refractivity contribution in [3.63, 3.8) is 0 Å². The highest BCUT2D eigenvalue weighted by molar-refractivity contribution is 6.46. The third kappa shape index (κ3) is 4.58. The van der Waals surface area contributed by atoms with Gasteiger partial charge in [-0.2, -0.15) is 0 Å². The molecule has 1 amide bonds. The van der Waals surface area contributed by atoms with Crippen LogP contribution in [-0.4, -0.2) is 80.2 Å². The van der Waals surface area contributed by atoms with E-state index in [0.717, 1.165) is 0 Å². The van der Waals surface area contributed by atoms with E-state index in [1.165, 1.54) is 44.4 Å². The molecule has 0 radical (unpaired) electrons. The number of rotatable bonds is 8. The van der Waals surface area contributed by atoms with Crippen LogP contribution in [-0.2, 0) is 9.59 Å². The van der Waals surface area contributed by atoms with E-state index in [1.54, 1.807) is 18.2 Å². The number of amides is 1. The van der Waals surface area contributed by atoms with Crippen molar-refractivity contribution in [3.8, 4) is 23.0 Å². The number of phenolic OH excluding ortho intramolecular Hbond substituents is 1. The lowest BCUT2D eigenvalue weighted by molar-refractivity contribution is -0.140. The van der Waals surface area contributed by atoms with Crippen LogP contribution in [0, 0.1) is 0 Å². The summed E-state index contributed by atoms with van der Waals surface area (Å²) in [7, 11) is 8.14. The molecule has 1 saturated heterocycles. The number of hydrogen-bond acceptors (Lipinski definition) is 8. The Bertz CT molecular complexity index is 1090. The van der Waals surface area contributed by atoms with Crippen molar-refractivity contribution in [1.29, 1.82) is 0 Å². The van der Waals surface area contributed by atoms with Crippen molar-refractivity contribution in [2.45, 2.75) is 6.04 Å². The van der Waals surface area contributed by atoms with Crippen LogP contribution < -0.4 is 14.2 Å². The molecule has 2 aromatic rings. The monoisotopic (exact) mass is 456 g/mol. The quantitative estimate of drug-likeness (QED) is 0.354. The number of ketones is 1. The molecule has 176 valence electrons. The Kier molecular flexibility index (Phi) is 7.13. The molecule has 9 heteroatoms. The molecule has 0 saturated carbocycles. The van der Waals surface area contributed by atoms with Gasteiger partial charge in [0.15, 0.2) is 0 Å². The zero-order valence-electron chi connectivity index (χ0n) is 19.3. The van der Waals surface area contributed by atoms with E-state index in [2.05, 4.69) is 0 Å². The first kappa shape index (κ1) is 23.9. The van der Waals surface area contributed by atoms with Gasteiger partial charge in [0.05, 0.1) is 38.5 Å². The number of likely N-dealkylation sites (tertiary alicyclic amines) is 1. The molecule has 0 aliphatic carbocycles. The Hall–Kier alpha value is -3.72.